The number of alkyl halides is 3. The van der Waals surface area contributed by atoms with Gasteiger partial charge in [-0.05, 0) is 70.9 Å². The van der Waals surface area contributed by atoms with Crippen molar-refractivity contribution in [2.75, 3.05) is 19.6 Å². The van der Waals surface area contributed by atoms with Crippen molar-refractivity contribution in [3.05, 3.63) is 11.9 Å². The molecule has 4 amide bonds. The van der Waals surface area contributed by atoms with Crippen molar-refractivity contribution < 1.29 is 37.1 Å². The summed E-state index contributed by atoms with van der Waals surface area (Å²) in [6, 6.07) is -5.12. The third-order valence-electron chi connectivity index (χ3n) is 6.65. The normalized spacial score (nSPS) is 22.0. The van der Waals surface area contributed by atoms with Crippen LogP contribution < -0.4 is 32.7 Å². The molecule has 0 unspecified atom stereocenters. The Morgan fingerprint density at radius 2 is 1.52 bits per heavy atom. The summed E-state index contributed by atoms with van der Waals surface area (Å²) in [7, 11) is 0. The molecule has 0 saturated carbocycles. The van der Waals surface area contributed by atoms with Gasteiger partial charge in [-0.2, -0.15) is 17.9 Å². The highest BCUT2D eigenvalue weighted by molar-refractivity contribution is 5.96. The molecule has 14 nitrogen and oxygen atoms in total. The average Bonchev–Trinajstić information content (AvgIpc) is 3.42. The highest BCUT2D eigenvalue weighted by atomic mass is 19.4. The molecule has 2 bridgehead atoms. The van der Waals surface area contributed by atoms with Gasteiger partial charge in [0.1, 0.15) is 12.1 Å². The smallest absolute Gasteiger partial charge is 0.356 e. The number of aryl methyl sites for hydroxylation is 1. The van der Waals surface area contributed by atoms with Gasteiger partial charge in [0.2, 0.25) is 17.7 Å². The van der Waals surface area contributed by atoms with Crippen LogP contribution in [0.4, 0.5) is 18.0 Å². The van der Waals surface area contributed by atoms with Gasteiger partial charge in [-0.3, -0.25) is 19.2 Å². The van der Waals surface area contributed by atoms with E-state index in [1.54, 1.807) is 0 Å². The highest BCUT2D eigenvalue weighted by Gasteiger charge is 2.44. The van der Waals surface area contributed by atoms with E-state index in [4.69, 9.17) is 11.5 Å². The molecule has 42 heavy (non-hydrogen) atoms. The minimum absolute atomic E-state index is 0.0151. The van der Waals surface area contributed by atoms with Crippen LogP contribution in [-0.2, 0) is 25.6 Å². The van der Waals surface area contributed by atoms with Crippen LogP contribution in [0.1, 0.15) is 69.9 Å². The van der Waals surface area contributed by atoms with Gasteiger partial charge < -0.3 is 32.7 Å². The largest absolute Gasteiger partial charge is 0.452 e. The number of amides is 4. The number of nitrogens with one attached hydrogen (secondary N) is 4. The van der Waals surface area contributed by atoms with Crippen LogP contribution in [0.25, 0.3) is 0 Å². The predicted octanol–water partition coefficient (Wildman–Crippen LogP) is -0.204. The third-order valence-corrected chi connectivity index (χ3v) is 6.65. The molecule has 8 N–H and O–H groups in total. The second kappa shape index (κ2) is 17.4. The van der Waals surface area contributed by atoms with Gasteiger partial charge in [-0.1, -0.05) is 5.21 Å². The summed E-state index contributed by atoms with van der Waals surface area (Å²) >= 11 is 0. The molecule has 0 spiro atoms. The fraction of sp³-hybridized carbons (Fsp3) is 0.720. The molecule has 0 aromatic carbocycles. The number of nitrogens with two attached hydrogens (primary N) is 2. The molecule has 0 aliphatic carbocycles. The maximum Gasteiger partial charge on any atom is 0.452 e. The lowest BCUT2D eigenvalue weighted by atomic mass is 10.0. The Hall–Kier alpha value is -3.60. The first-order chi connectivity index (χ1) is 20.0. The third kappa shape index (κ3) is 11.7. The molecule has 2 heterocycles. The summed E-state index contributed by atoms with van der Waals surface area (Å²) in [5.74, 6) is -4.19. The summed E-state index contributed by atoms with van der Waals surface area (Å²) in [4.78, 5) is 63.6. The van der Waals surface area contributed by atoms with E-state index < -0.39 is 47.9 Å². The summed E-state index contributed by atoms with van der Waals surface area (Å²) in [6.45, 7) is 0.755. The Kier molecular flexibility index (Phi) is 14.3. The average molecular weight is 604 g/mol. The number of hydrogen-bond acceptors (Lipinski definition) is 9. The van der Waals surface area contributed by atoms with Gasteiger partial charge in [-0.15, -0.1) is 5.10 Å². The molecule has 2 rings (SSSR count). The van der Waals surface area contributed by atoms with Gasteiger partial charge in [0.15, 0.2) is 0 Å². The fourth-order valence-electron chi connectivity index (χ4n) is 4.29. The number of nitrogens with zero attached hydrogens (tertiary/aromatic N) is 3. The van der Waals surface area contributed by atoms with Crippen molar-refractivity contribution in [1.82, 2.24) is 36.3 Å². The monoisotopic (exact) mass is 603 g/mol. The lowest BCUT2D eigenvalue weighted by Crippen LogP contribution is -2.57. The molecule has 3 atom stereocenters. The molecule has 1 aromatic rings. The van der Waals surface area contributed by atoms with Gasteiger partial charge in [-0.25, -0.2) is 4.79 Å². The standard InChI is InChI=1S/C25H40F3N9O5/c26-25(27,28)21(39)17-7-3-6-14-31-20(38)11-10-16-15-37(36-35-16)24(42)34-19(9-2-5-13-30)23(41)33-18(22(40)32-17)8-1-4-12-29/h15,17-19H,1-14,29-30H2,(H,31,38)(H,32,40)(H,33,41)(H,34,42)/t17-,18-,19-/m0/s1. The Balaban J connectivity index is 2.36. The molecular formula is C25H40F3N9O5. The first-order valence-corrected chi connectivity index (χ1v) is 14.1. The zero-order valence-electron chi connectivity index (χ0n) is 23.4. The Morgan fingerprint density at radius 3 is 2.14 bits per heavy atom. The summed E-state index contributed by atoms with van der Waals surface area (Å²) < 4.78 is 40.9. The van der Waals surface area contributed by atoms with E-state index in [1.807, 2.05) is 0 Å². The number of aromatic nitrogens is 3. The van der Waals surface area contributed by atoms with Crippen LogP contribution in [0.2, 0.25) is 0 Å². The van der Waals surface area contributed by atoms with Crippen LogP contribution in [-0.4, -0.2) is 88.5 Å². The van der Waals surface area contributed by atoms with Crippen molar-refractivity contribution in [3.63, 3.8) is 0 Å². The van der Waals surface area contributed by atoms with Gasteiger partial charge >= 0.3 is 12.2 Å². The molecule has 1 aromatic heterocycles. The molecule has 236 valence electrons. The van der Waals surface area contributed by atoms with Crippen molar-refractivity contribution in [2.45, 2.75) is 94.9 Å². The van der Waals surface area contributed by atoms with Crippen molar-refractivity contribution in [2.24, 2.45) is 11.5 Å². The zero-order valence-corrected chi connectivity index (χ0v) is 23.4. The SMILES string of the molecule is NCCCC[C@@H]1NC(=O)[C@H](CCCCN)NC(=O)n2cc(nn2)CCC(=O)NCCCC[C@@H](C(=O)C(F)(F)F)NC1=O. The molecule has 0 saturated heterocycles. The second-order valence-electron chi connectivity index (χ2n) is 10.1. The number of carbonyl (C=O) groups excluding carboxylic acids is 5. The Bertz CT molecular complexity index is 1070. The number of rotatable bonds is 9. The molecule has 17 heteroatoms. The van der Waals surface area contributed by atoms with Gasteiger partial charge in [0.05, 0.1) is 17.9 Å². The van der Waals surface area contributed by atoms with Crippen LogP contribution in [0.15, 0.2) is 6.20 Å². The maximum atomic E-state index is 13.3. The van der Waals surface area contributed by atoms with Crippen molar-refractivity contribution in [1.29, 1.82) is 0 Å². The minimum Gasteiger partial charge on any atom is -0.356 e. The highest BCUT2D eigenvalue weighted by Crippen LogP contribution is 2.20. The lowest BCUT2D eigenvalue weighted by Gasteiger charge is -2.25. The summed E-state index contributed by atoms with van der Waals surface area (Å²) in [5.41, 5.74) is 11.4. The molecular weight excluding hydrogens is 563 g/mol. The van der Waals surface area contributed by atoms with Crippen LogP contribution in [0.3, 0.4) is 0 Å². The van der Waals surface area contributed by atoms with E-state index in [1.165, 1.54) is 6.20 Å². The van der Waals surface area contributed by atoms with Crippen molar-refractivity contribution in [3.8, 4) is 0 Å². The Morgan fingerprint density at radius 1 is 0.905 bits per heavy atom. The minimum atomic E-state index is -5.20. The van der Waals surface area contributed by atoms with Gasteiger partial charge in [0.25, 0.3) is 5.78 Å². The number of fused-ring (bicyclic) bond motifs is 2. The Labute approximate surface area is 241 Å². The van der Waals surface area contributed by atoms with E-state index in [9.17, 15) is 37.1 Å². The van der Waals surface area contributed by atoms with Crippen molar-refractivity contribution >= 4 is 29.5 Å². The first-order valence-electron chi connectivity index (χ1n) is 14.1. The van der Waals surface area contributed by atoms with Gasteiger partial charge in [0, 0.05) is 19.4 Å². The van der Waals surface area contributed by atoms with Crippen LogP contribution in [0, 0.1) is 0 Å². The maximum absolute atomic E-state index is 13.3. The van der Waals surface area contributed by atoms with Crippen LogP contribution >= 0.6 is 0 Å². The topological polar surface area (TPSA) is 216 Å². The van der Waals surface area contributed by atoms with E-state index in [0.717, 1.165) is 4.68 Å². The fourth-order valence-corrected chi connectivity index (χ4v) is 4.29. The van der Waals surface area contributed by atoms with Crippen LogP contribution in [0.5, 0.6) is 0 Å². The number of hydrogen-bond donors (Lipinski definition) is 6. The molecule has 1 aliphatic rings. The predicted molar refractivity (Wildman–Crippen MR) is 144 cm³/mol. The van der Waals surface area contributed by atoms with E-state index in [0.29, 0.717) is 37.9 Å². The number of ketones is 1. The number of halogens is 3. The quantitative estimate of drug-likeness (QED) is 0.206. The lowest BCUT2D eigenvalue weighted by molar-refractivity contribution is -0.174. The van der Waals surface area contributed by atoms with E-state index >= 15 is 0 Å². The molecule has 0 fully saturated rings. The zero-order chi connectivity index (χ0) is 31.1. The number of carbonyl (C=O) groups is 5. The first kappa shape index (κ1) is 34.6. The molecule has 0 radical (unpaired) electrons. The second-order valence-corrected chi connectivity index (χ2v) is 10.1. The number of unbranched alkanes of at least 4 members (excludes halogenated alkanes) is 2. The molecule has 1 aliphatic heterocycles. The number of Topliss-reactive ketones (excluding diaryl/α,β-unsaturated/α-hetero) is 1. The van der Waals surface area contributed by atoms with E-state index in [2.05, 4.69) is 31.6 Å². The summed E-state index contributed by atoms with van der Waals surface area (Å²) in [5, 5.41) is 17.5. The van der Waals surface area contributed by atoms with E-state index in [-0.39, 0.29) is 63.9 Å². The summed E-state index contributed by atoms with van der Waals surface area (Å²) in [6.07, 6.45) is -1.68.